The van der Waals surface area contributed by atoms with E-state index in [1.54, 1.807) is 30.3 Å². The average Bonchev–Trinajstić information content (AvgIpc) is 2.45. The van der Waals surface area contributed by atoms with Crippen molar-refractivity contribution in [3.63, 3.8) is 0 Å². The molecule has 0 aliphatic rings. The summed E-state index contributed by atoms with van der Waals surface area (Å²) < 4.78 is 18.2. The van der Waals surface area contributed by atoms with Crippen molar-refractivity contribution in [3.05, 3.63) is 59.9 Å². The number of nitrogens with one attached hydrogen (secondary N) is 1. The normalized spacial score (nSPS) is 9.95. The molecule has 0 fully saturated rings. The molecule has 2 aromatic rings. The Bertz CT molecular complexity index is 676. The van der Waals surface area contributed by atoms with Gasteiger partial charge < -0.3 is 15.8 Å². The number of benzene rings is 2. The molecule has 6 heteroatoms. The average molecular weight is 304 g/mol. The molecule has 0 heterocycles. The van der Waals surface area contributed by atoms with Gasteiger partial charge in [-0.15, -0.1) is 0 Å². The number of anilines is 1. The second-order valence-electron chi connectivity index (χ2n) is 4.20. The van der Waals surface area contributed by atoms with Crippen LogP contribution in [0.15, 0.2) is 48.5 Å². The fraction of sp³-hybridized carbons (Fsp3) is 0.0667. The maximum Gasteiger partial charge on any atom is 0.262 e. The second kappa shape index (κ2) is 6.81. The molecule has 0 saturated heterocycles. The highest BCUT2D eigenvalue weighted by Crippen LogP contribution is 2.15. The highest BCUT2D eigenvalue weighted by molar-refractivity contribution is 7.80. The van der Waals surface area contributed by atoms with Crippen molar-refractivity contribution in [3.8, 4) is 5.75 Å². The highest BCUT2D eigenvalue weighted by Gasteiger charge is 2.09. The fourth-order valence-electron chi connectivity index (χ4n) is 1.70. The zero-order valence-corrected chi connectivity index (χ0v) is 11.8. The zero-order chi connectivity index (χ0) is 15.2. The van der Waals surface area contributed by atoms with Crippen molar-refractivity contribution in [2.24, 2.45) is 5.73 Å². The third-order valence-corrected chi connectivity index (χ3v) is 2.85. The summed E-state index contributed by atoms with van der Waals surface area (Å²) in [6.45, 7) is -0.241. The molecule has 0 unspecified atom stereocenters. The van der Waals surface area contributed by atoms with Gasteiger partial charge in [-0.05, 0) is 24.3 Å². The topological polar surface area (TPSA) is 64.3 Å². The van der Waals surface area contributed by atoms with Gasteiger partial charge in [-0.25, -0.2) is 4.39 Å². The quantitative estimate of drug-likeness (QED) is 0.833. The van der Waals surface area contributed by atoms with Crippen molar-refractivity contribution in [1.82, 2.24) is 0 Å². The van der Waals surface area contributed by atoms with Crippen LogP contribution in [0.2, 0.25) is 0 Å². The number of rotatable bonds is 5. The number of carbonyl (C=O) groups is 1. The summed E-state index contributed by atoms with van der Waals surface area (Å²) in [5.74, 6) is -0.525. The van der Waals surface area contributed by atoms with Gasteiger partial charge in [0.05, 0.1) is 5.69 Å². The predicted molar refractivity (Wildman–Crippen MR) is 82.9 cm³/mol. The largest absolute Gasteiger partial charge is 0.484 e. The Balaban J connectivity index is 1.98. The smallest absolute Gasteiger partial charge is 0.262 e. The number of halogens is 1. The molecule has 4 nitrogen and oxygen atoms in total. The molecule has 0 radical (unpaired) electrons. The van der Waals surface area contributed by atoms with Crippen molar-refractivity contribution in [2.75, 3.05) is 11.9 Å². The Morgan fingerprint density at radius 1 is 1.24 bits per heavy atom. The molecule has 0 atom stereocenters. The molecule has 2 aromatic carbocycles. The van der Waals surface area contributed by atoms with Crippen LogP contribution in [0.5, 0.6) is 5.75 Å². The SMILES string of the molecule is NC(=S)c1ccccc1NC(=O)COc1cccc(F)c1. The predicted octanol–water partition coefficient (Wildman–Crippen LogP) is 2.48. The van der Waals surface area contributed by atoms with Gasteiger partial charge in [-0.1, -0.05) is 30.4 Å². The van der Waals surface area contributed by atoms with Crippen LogP contribution in [-0.4, -0.2) is 17.5 Å². The minimum Gasteiger partial charge on any atom is -0.484 e. The number of carbonyl (C=O) groups excluding carboxylic acids is 1. The van der Waals surface area contributed by atoms with E-state index in [4.69, 9.17) is 22.7 Å². The Hall–Kier alpha value is -2.47. The number of hydrogen-bond acceptors (Lipinski definition) is 3. The van der Waals surface area contributed by atoms with Crippen molar-refractivity contribution in [2.45, 2.75) is 0 Å². The monoisotopic (exact) mass is 304 g/mol. The van der Waals surface area contributed by atoms with E-state index >= 15 is 0 Å². The first-order valence-electron chi connectivity index (χ1n) is 6.13. The van der Waals surface area contributed by atoms with Crippen molar-refractivity contribution < 1.29 is 13.9 Å². The van der Waals surface area contributed by atoms with Gasteiger partial charge in [0.25, 0.3) is 5.91 Å². The molecule has 0 aliphatic carbocycles. The lowest BCUT2D eigenvalue weighted by Gasteiger charge is -2.10. The van der Waals surface area contributed by atoms with Gasteiger partial charge in [0.15, 0.2) is 6.61 Å². The van der Waals surface area contributed by atoms with Gasteiger partial charge >= 0.3 is 0 Å². The number of ether oxygens (including phenoxy) is 1. The number of amides is 1. The van der Waals surface area contributed by atoms with Crippen LogP contribution in [0.3, 0.4) is 0 Å². The van der Waals surface area contributed by atoms with Gasteiger partial charge in [0.2, 0.25) is 0 Å². The van der Waals surface area contributed by atoms with Gasteiger partial charge in [-0.3, -0.25) is 4.79 Å². The summed E-state index contributed by atoms with van der Waals surface area (Å²) >= 11 is 4.91. The van der Waals surface area contributed by atoms with Crippen LogP contribution < -0.4 is 15.8 Å². The standard InChI is InChI=1S/C15H13FN2O2S/c16-10-4-3-5-11(8-10)20-9-14(19)18-13-7-2-1-6-12(13)15(17)21/h1-8H,9H2,(H2,17,21)(H,18,19). The van der Waals surface area contributed by atoms with E-state index in [0.29, 0.717) is 11.3 Å². The van der Waals surface area contributed by atoms with Crippen molar-refractivity contribution in [1.29, 1.82) is 0 Å². The molecule has 3 N–H and O–H groups in total. The van der Waals surface area contributed by atoms with Crippen LogP contribution in [0.4, 0.5) is 10.1 Å². The molecule has 0 spiro atoms. The van der Waals surface area contributed by atoms with Gasteiger partial charge in [0.1, 0.15) is 16.6 Å². The summed E-state index contributed by atoms with van der Waals surface area (Å²) in [6, 6.07) is 12.5. The summed E-state index contributed by atoms with van der Waals surface area (Å²) in [6.07, 6.45) is 0. The first-order valence-corrected chi connectivity index (χ1v) is 6.54. The Kier molecular flexibility index (Phi) is 4.84. The third kappa shape index (κ3) is 4.25. The number of hydrogen-bond donors (Lipinski definition) is 2. The Labute approximate surface area is 126 Å². The molecule has 0 saturated carbocycles. The Morgan fingerprint density at radius 2 is 2.00 bits per heavy atom. The summed E-state index contributed by atoms with van der Waals surface area (Å²) in [5.41, 5.74) is 6.67. The zero-order valence-electron chi connectivity index (χ0n) is 11.0. The van der Waals surface area contributed by atoms with E-state index in [1.807, 2.05) is 0 Å². The third-order valence-electron chi connectivity index (χ3n) is 2.63. The lowest BCUT2D eigenvalue weighted by molar-refractivity contribution is -0.118. The molecule has 0 aliphatic heterocycles. The molecule has 108 valence electrons. The van der Waals surface area contributed by atoms with Crippen LogP contribution >= 0.6 is 12.2 Å². The van der Waals surface area contributed by atoms with Gasteiger partial charge in [0, 0.05) is 11.6 Å². The van der Waals surface area contributed by atoms with Crippen LogP contribution in [0.25, 0.3) is 0 Å². The molecule has 2 rings (SSSR count). The molecule has 0 aromatic heterocycles. The maximum atomic E-state index is 13.0. The minimum atomic E-state index is -0.424. The van der Waals surface area contributed by atoms with Crippen molar-refractivity contribution >= 4 is 28.8 Å². The van der Waals surface area contributed by atoms with Crippen LogP contribution in [0.1, 0.15) is 5.56 Å². The molecule has 21 heavy (non-hydrogen) atoms. The number of para-hydroxylation sites is 1. The van der Waals surface area contributed by atoms with Gasteiger partial charge in [-0.2, -0.15) is 0 Å². The molecular formula is C15H13FN2O2S. The highest BCUT2D eigenvalue weighted by atomic mass is 32.1. The molecule has 1 amide bonds. The van der Waals surface area contributed by atoms with E-state index in [9.17, 15) is 9.18 Å². The number of thiocarbonyl (C=S) groups is 1. The van der Waals surface area contributed by atoms with E-state index < -0.39 is 5.82 Å². The van der Waals surface area contributed by atoms with E-state index in [2.05, 4.69) is 5.32 Å². The summed E-state index contributed by atoms with van der Waals surface area (Å²) in [5, 5.41) is 2.65. The lowest BCUT2D eigenvalue weighted by Crippen LogP contribution is -2.22. The lowest BCUT2D eigenvalue weighted by atomic mass is 10.2. The summed E-state index contributed by atoms with van der Waals surface area (Å²) in [4.78, 5) is 12.0. The van der Waals surface area contributed by atoms with E-state index in [0.717, 1.165) is 0 Å². The summed E-state index contributed by atoms with van der Waals surface area (Å²) in [7, 11) is 0. The Morgan fingerprint density at radius 3 is 2.71 bits per heavy atom. The van der Waals surface area contributed by atoms with Crippen LogP contribution in [-0.2, 0) is 4.79 Å². The fourth-order valence-corrected chi connectivity index (χ4v) is 1.88. The second-order valence-corrected chi connectivity index (χ2v) is 4.64. The first kappa shape index (κ1) is 14.9. The first-order chi connectivity index (χ1) is 10.1. The number of nitrogens with two attached hydrogens (primary N) is 1. The minimum absolute atomic E-state index is 0.192. The van der Waals surface area contributed by atoms with Crippen LogP contribution in [0, 0.1) is 5.82 Å². The molecule has 0 bridgehead atoms. The maximum absolute atomic E-state index is 13.0. The van der Waals surface area contributed by atoms with E-state index in [1.165, 1.54) is 18.2 Å². The molecular weight excluding hydrogens is 291 g/mol. The van der Waals surface area contributed by atoms with E-state index in [-0.39, 0.29) is 23.3 Å².